The summed E-state index contributed by atoms with van der Waals surface area (Å²) >= 11 is 0. The molecule has 0 amide bonds. The van der Waals surface area contributed by atoms with Gasteiger partial charge in [0.05, 0.1) is 4.90 Å². The van der Waals surface area contributed by atoms with Crippen molar-refractivity contribution in [1.29, 1.82) is 0 Å². The van der Waals surface area contributed by atoms with Crippen LogP contribution in [0.2, 0.25) is 0 Å². The normalized spacial score (nSPS) is 22.4. The number of likely N-dealkylation sites (tertiary alicyclic amines) is 1. The van der Waals surface area contributed by atoms with Gasteiger partial charge in [0, 0.05) is 18.3 Å². The summed E-state index contributed by atoms with van der Waals surface area (Å²) in [5, 5.41) is 8.54. The Kier molecular flexibility index (Phi) is 4.67. The van der Waals surface area contributed by atoms with E-state index >= 15 is 0 Å². The minimum absolute atomic E-state index is 0.146. The average Bonchev–Trinajstić information content (AvgIpc) is 2.38. The van der Waals surface area contributed by atoms with Crippen LogP contribution in [0.3, 0.4) is 0 Å². The van der Waals surface area contributed by atoms with Crippen molar-refractivity contribution in [2.24, 2.45) is 11.1 Å². The molecule has 20 heavy (non-hydrogen) atoms. The molecule has 2 unspecified atom stereocenters. The largest absolute Gasteiger partial charge is 0.382 e. The van der Waals surface area contributed by atoms with Gasteiger partial charge in [-0.15, -0.1) is 0 Å². The zero-order valence-electron chi connectivity index (χ0n) is 12.0. The van der Waals surface area contributed by atoms with Gasteiger partial charge in [0.1, 0.15) is 0 Å². The van der Waals surface area contributed by atoms with E-state index in [4.69, 9.17) is 5.14 Å². The second kappa shape index (κ2) is 6.11. The molecule has 0 aliphatic carbocycles. The Balaban J connectivity index is 1.99. The van der Waals surface area contributed by atoms with Gasteiger partial charge in [-0.3, -0.25) is 0 Å². The van der Waals surface area contributed by atoms with Crippen molar-refractivity contribution < 1.29 is 8.42 Å². The van der Waals surface area contributed by atoms with Gasteiger partial charge in [-0.2, -0.15) is 0 Å². The van der Waals surface area contributed by atoms with Crippen molar-refractivity contribution in [3.63, 3.8) is 0 Å². The average molecular weight is 297 g/mol. The van der Waals surface area contributed by atoms with Crippen LogP contribution >= 0.6 is 0 Å². The zero-order valence-corrected chi connectivity index (χ0v) is 12.9. The first kappa shape index (κ1) is 15.3. The number of nitrogens with one attached hydrogen (secondary N) is 1. The smallest absolute Gasteiger partial charge is 0.238 e. The Bertz CT molecular complexity index is 542. The van der Waals surface area contributed by atoms with Gasteiger partial charge in [0.2, 0.25) is 10.0 Å². The van der Waals surface area contributed by atoms with Crippen LogP contribution in [0.25, 0.3) is 0 Å². The van der Waals surface area contributed by atoms with Crippen LogP contribution in [0.1, 0.15) is 19.8 Å². The fourth-order valence-electron chi connectivity index (χ4n) is 2.74. The summed E-state index contributed by atoms with van der Waals surface area (Å²) in [6.45, 7) is 4.45. The molecule has 2 rings (SSSR count). The Morgan fingerprint density at radius 1 is 1.35 bits per heavy atom. The highest BCUT2D eigenvalue weighted by Crippen LogP contribution is 2.22. The first-order valence-electron chi connectivity index (χ1n) is 6.94. The number of nitrogens with two attached hydrogens (primary N) is 1. The number of piperidine rings is 1. The molecule has 1 saturated heterocycles. The molecule has 2 atom stereocenters. The van der Waals surface area contributed by atoms with Crippen LogP contribution in [0, 0.1) is 5.92 Å². The van der Waals surface area contributed by atoms with Crippen LogP contribution < -0.4 is 10.5 Å². The lowest BCUT2D eigenvalue weighted by Crippen LogP contribution is -2.39. The van der Waals surface area contributed by atoms with E-state index < -0.39 is 10.0 Å². The van der Waals surface area contributed by atoms with E-state index in [2.05, 4.69) is 24.2 Å². The summed E-state index contributed by atoms with van der Waals surface area (Å²) in [5.41, 5.74) is 0.929. The first-order chi connectivity index (χ1) is 9.36. The molecule has 1 aromatic carbocycles. The van der Waals surface area contributed by atoms with Crippen molar-refractivity contribution >= 4 is 15.7 Å². The second-order valence-corrected chi connectivity index (χ2v) is 7.23. The molecule has 112 valence electrons. The molecule has 1 aliphatic heterocycles. The number of anilines is 1. The number of hydrogen-bond acceptors (Lipinski definition) is 4. The van der Waals surface area contributed by atoms with Crippen LogP contribution in [0.15, 0.2) is 29.2 Å². The third-order valence-corrected chi connectivity index (χ3v) is 4.87. The van der Waals surface area contributed by atoms with Crippen molar-refractivity contribution in [3.8, 4) is 0 Å². The lowest BCUT2D eigenvalue weighted by atomic mass is 9.92. The number of sulfonamides is 1. The number of primary sulfonamides is 1. The summed E-state index contributed by atoms with van der Waals surface area (Å²) in [6.07, 6.45) is 2.46. The molecule has 0 aromatic heterocycles. The molecule has 3 N–H and O–H groups in total. The maximum atomic E-state index is 11.2. The summed E-state index contributed by atoms with van der Waals surface area (Å²) < 4.78 is 22.4. The maximum Gasteiger partial charge on any atom is 0.238 e. The molecular formula is C14H23N3O2S. The van der Waals surface area contributed by atoms with Gasteiger partial charge in [0.25, 0.3) is 0 Å². The van der Waals surface area contributed by atoms with E-state index in [1.165, 1.54) is 31.5 Å². The molecule has 0 spiro atoms. The Labute approximate surface area is 121 Å². The summed E-state index contributed by atoms with van der Waals surface area (Å²) in [5.74, 6) is 0.617. The lowest BCUT2D eigenvalue weighted by molar-refractivity contribution is 0.197. The molecule has 5 nitrogen and oxygen atoms in total. The van der Waals surface area contributed by atoms with Gasteiger partial charge in [0.15, 0.2) is 0 Å². The van der Waals surface area contributed by atoms with Crippen molar-refractivity contribution in [3.05, 3.63) is 24.3 Å². The molecule has 6 heteroatoms. The fourth-order valence-corrected chi connectivity index (χ4v) is 3.25. The standard InChI is InChI=1S/C14H23N3O2S/c1-11(12-4-3-9-17(2)10-12)16-13-5-7-14(8-6-13)20(15,18)19/h5-8,11-12,16H,3-4,9-10H2,1-2H3,(H2,15,18,19). The third-order valence-electron chi connectivity index (χ3n) is 3.95. The molecule has 0 radical (unpaired) electrons. The number of hydrogen-bond donors (Lipinski definition) is 2. The molecular weight excluding hydrogens is 274 g/mol. The van der Waals surface area contributed by atoms with Crippen LogP contribution in [0.5, 0.6) is 0 Å². The highest BCUT2D eigenvalue weighted by molar-refractivity contribution is 7.89. The maximum absolute atomic E-state index is 11.2. The van der Waals surface area contributed by atoms with E-state index in [0.717, 1.165) is 12.2 Å². The number of benzene rings is 1. The lowest BCUT2D eigenvalue weighted by Gasteiger charge is -2.34. The molecule has 0 saturated carbocycles. The van der Waals surface area contributed by atoms with Gasteiger partial charge in [-0.05, 0) is 63.5 Å². The molecule has 1 aliphatic rings. The Hall–Kier alpha value is -1.11. The topological polar surface area (TPSA) is 75.4 Å². The monoisotopic (exact) mass is 297 g/mol. The number of rotatable bonds is 4. The van der Waals surface area contributed by atoms with Gasteiger partial charge < -0.3 is 10.2 Å². The summed E-state index contributed by atoms with van der Waals surface area (Å²) in [7, 11) is -1.46. The van der Waals surface area contributed by atoms with Crippen LogP contribution in [-0.4, -0.2) is 39.5 Å². The van der Waals surface area contributed by atoms with Crippen LogP contribution in [-0.2, 0) is 10.0 Å². The minimum atomic E-state index is -3.61. The molecule has 1 aromatic rings. The second-order valence-electron chi connectivity index (χ2n) is 5.67. The number of nitrogens with zero attached hydrogens (tertiary/aromatic N) is 1. The van der Waals surface area contributed by atoms with E-state index in [1.807, 2.05) is 0 Å². The minimum Gasteiger partial charge on any atom is -0.382 e. The Morgan fingerprint density at radius 3 is 2.55 bits per heavy atom. The fraction of sp³-hybridized carbons (Fsp3) is 0.571. The van der Waals surface area contributed by atoms with E-state index in [0.29, 0.717) is 12.0 Å². The van der Waals surface area contributed by atoms with E-state index in [1.54, 1.807) is 12.1 Å². The molecule has 1 fully saturated rings. The molecule has 0 bridgehead atoms. The van der Waals surface area contributed by atoms with Crippen LogP contribution in [0.4, 0.5) is 5.69 Å². The van der Waals surface area contributed by atoms with Crippen molar-refractivity contribution in [2.75, 3.05) is 25.5 Å². The van der Waals surface area contributed by atoms with Crippen molar-refractivity contribution in [2.45, 2.75) is 30.7 Å². The first-order valence-corrected chi connectivity index (χ1v) is 8.49. The predicted molar refractivity (Wildman–Crippen MR) is 81.1 cm³/mol. The third kappa shape index (κ3) is 3.94. The van der Waals surface area contributed by atoms with Gasteiger partial charge in [-0.1, -0.05) is 0 Å². The zero-order chi connectivity index (χ0) is 14.8. The van der Waals surface area contributed by atoms with E-state index in [-0.39, 0.29) is 4.90 Å². The molecule has 1 heterocycles. The van der Waals surface area contributed by atoms with Crippen molar-refractivity contribution in [1.82, 2.24) is 4.90 Å². The summed E-state index contributed by atoms with van der Waals surface area (Å²) in [4.78, 5) is 2.50. The SMILES string of the molecule is CC(Nc1ccc(S(N)(=O)=O)cc1)C1CCCN(C)C1. The predicted octanol–water partition coefficient (Wildman–Crippen LogP) is 1.48. The highest BCUT2D eigenvalue weighted by atomic mass is 32.2. The highest BCUT2D eigenvalue weighted by Gasteiger charge is 2.22. The summed E-state index contributed by atoms with van der Waals surface area (Å²) in [6, 6.07) is 6.97. The van der Waals surface area contributed by atoms with E-state index in [9.17, 15) is 8.42 Å². The quantitative estimate of drug-likeness (QED) is 0.882. The van der Waals surface area contributed by atoms with Gasteiger partial charge in [-0.25, -0.2) is 13.6 Å². The Morgan fingerprint density at radius 2 is 2.00 bits per heavy atom. The van der Waals surface area contributed by atoms with Gasteiger partial charge >= 0.3 is 0 Å².